The molecule has 3 rings (SSSR count). The van der Waals surface area contributed by atoms with E-state index >= 15 is 0 Å². The minimum Gasteiger partial charge on any atom is -0.292 e. The molecule has 17 heavy (non-hydrogen) atoms. The molecule has 4 heteroatoms. The Morgan fingerprint density at radius 2 is 2.06 bits per heavy atom. The van der Waals surface area contributed by atoms with Gasteiger partial charge >= 0.3 is 0 Å². The highest BCUT2D eigenvalue weighted by Crippen LogP contribution is 2.36. The van der Waals surface area contributed by atoms with E-state index in [-0.39, 0.29) is 0 Å². The molecular formula is C13H16IN3. The van der Waals surface area contributed by atoms with Crippen LogP contribution in [0, 0.1) is 9.75 Å². The molecule has 2 aromatic rings. The number of fused-ring (bicyclic) bond motifs is 1. The second kappa shape index (κ2) is 4.55. The quantitative estimate of drug-likeness (QED) is 0.742. The van der Waals surface area contributed by atoms with Crippen molar-refractivity contribution in [1.29, 1.82) is 0 Å². The van der Waals surface area contributed by atoms with Crippen LogP contribution in [0.5, 0.6) is 0 Å². The summed E-state index contributed by atoms with van der Waals surface area (Å²) >= 11 is 2.30. The van der Waals surface area contributed by atoms with Crippen molar-refractivity contribution in [3.05, 3.63) is 28.1 Å². The average molecular weight is 341 g/mol. The summed E-state index contributed by atoms with van der Waals surface area (Å²) in [7, 11) is 0. The lowest BCUT2D eigenvalue weighted by atomic mass is 9.81. The van der Waals surface area contributed by atoms with Crippen LogP contribution in [-0.4, -0.2) is 14.4 Å². The second-order valence-corrected chi connectivity index (χ2v) is 6.02. The van der Waals surface area contributed by atoms with E-state index in [1.54, 1.807) is 0 Å². The summed E-state index contributed by atoms with van der Waals surface area (Å²) in [6.45, 7) is 2.35. The number of nitrogens with zero attached hydrogens (tertiary/aromatic N) is 3. The van der Waals surface area contributed by atoms with Gasteiger partial charge in [0.15, 0.2) is 3.83 Å². The van der Waals surface area contributed by atoms with Crippen LogP contribution in [0.1, 0.15) is 44.2 Å². The summed E-state index contributed by atoms with van der Waals surface area (Å²) in [6, 6.07) is 0. The van der Waals surface area contributed by atoms with E-state index < -0.39 is 0 Å². The highest BCUT2D eigenvalue weighted by Gasteiger charge is 2.24. The molecule has 0 unspecified atom stereocenters. The monoisotopic (exact) mass is 341 g/mol. The van der Waals surface area contributed by atoms with Gasteiger partial charge in [-0.2, -0.15) is 0 Å². The molecule has 1 saturated carbocycles. The van der Waals surface area contributed by atoms with Crippen LogP contribution in [0.3, 0.4) is 0 Å². The van der Waals surface area contributed by atoms with E-state index in [1.807, 2.05) is 18.6 Å². The zero-order valence-corrected chi connectivity index (χ0v) is 12.1. The van der Waals surface area contributed by atoms with Gasteiger partial charge in [-0.1, -0.05) is 19.8 Å². The molecule has 0 N–H and O–H groups in total. The average Bonchev–Trinajstić information content (AvgIpc) is 2.69. The maximum atomic E-state index is 4.75. The Morgan fingerprint density at radius 3 is 2.82 bits per heavy atom. The summed E-state index contributed by atoms with van der Waals surface area (Å²) in [5, 5.41) is 0. The van der Waals surface area contributed by atoms with Crippen molar-refractivity contribution < 1.29 is 0 Å². The van der Waals surface area contributed by atoms with Crippen LogP contribution in [0.2, 0.25) is 0 Å². The van der Waals surface area contributed by atoms with E-state index in [2.05, 4.69) is 38.9 Å². The number of rotatable bonds is 1. The third-order valence-corrected chi connectivity index (χ3v) is 4.60. The number of imidazole rings is 1. The minimum atomic E-state index is 0.633. The number of hydrogen-bond donors (Lipinski definition) is 0. The number of aromatic nitrogens is 3. The number of halogens is 1. The maximum Gasteiger partial charge on any atom is 0.176 e. The first-order valence-electron chi connectivity index (χ1n) is 6.23. The molecule has 3 nitrogen and oxygen atoms in total. The van der Waals surface area contributed by atoms with Crippen LogP contribution in [-0.2, 0) is 0 Å². The summed E-state index contributed by atoms with van der Waals surface area (Å²) in [5.74, 6) is 1.52. The number of hydrogen-bond acceptors (Lipinski definition) is 2. The Bertz CT molecular complexity index is 526. The van der Waals surface area contributed by atoms with Gasteiger partial charge in [0.25, 0.3) is 0 Å². The Morgan fingerprint density at radius 1 is 1.29 bits per heavy atom. The zero-order chi connectivity index (χ0) is 11.8. The molecule has 2 aromatic heterocycles. The van der Waals surface area contributed by atoms with Crippen molar-refractivity contribution in [3.63, 3.8) is 0 Å². The van der Waals surface area contributed by atoms with Crippen LogP contribution in [0.4, 0.5) is 0 Å². The fourth-order valence-corrected chi connectivity index (χ4v) is 3.44. The van der Waals surface area contributed by atoms with Crippen molar-refractivity contribution in [2.45, 2.75) is 38.5 Å². The smallest absolute Gasteiger partial charge is 0.176 e. The predicted molar refractivity (Wildman–Crippen MR) is 76.1 cm³/mol. The van der Waals surface area contributed by atoms with E-state index in [4.69, 9.17) is 4.98 Å². The molecular weight excluding hydrogens is 325 g/mol. The molecule has 0 spiro atoms. The standard InChI is InChI=1S/C13H16IN3/c1-9-2-4-10(5-3-9)12-11-8-15-6-7-17(11)13(14)16-12/h6-10H,2-5H2,1H3. The second-order valence-electron chi connectivity index (χ2n) is 5.05. The van der Waals surface area contributed by atoms with Crippen molar-refractivity contribution >= 4 is 28.1 Å². The van der Waals surface area contributed by atoms with E-state index in [9.17, 15) is 0 Å². The Labute approximate surface area is 115 Å². The lowest BCUT2D eigenvalue weighted by Crippen LogP contribution is -2.11. The molecule has 0 aromatic carbocycles. The molecule has 0 bridgehead atoms. The molecule has 0 saturated heterocycles. The molecule has 90 valence electrons. The predicted octanol–water partition coefficient (Wildman–Crippen LogP) is 3.63. The fourth-order valence-electron chi connectivity index (χ4n) is 2.76. The lowest BCUT2D eigenvalue weighted by molar-refractivity contribution is 0.345. The molecule has 0 radical (unpaired) electrons. The van der Waals surface area contributed by atoms with Crippen LogP contribution in [0.25, 0.3) is 5.52 Å². The summed E-state index contributed by atoms with van der Waals surface area (Å²) in [4.78, 5) is 8.98. The van der Waals surface area contributed by atoms with Gasteiger partial charge in [-0.05, 0) is 18.8 Å². The van der Waals surface area contributed by atoms with E-state index in [0.29, 0.717) is 5.92 Å². The van der Waals surface area contributed by atoms with Crippen molar-refractivity contribution in [2.75, 3.05) is 0 Å². The van der Waals surface area contributed by atoms with Crippen LogP contribution in [0.15, 0.2) is 18.6 Å². The first kappa shape index (κ1) is 11.4. The van der Waals surface area contributed by atoms with Crippen LogP contribution >= 0.6 is 22.6 Å². The van der Waals surface area contributed by atoms with Crippen molar-refractivity contribution in [3.8, 4) is 0 Å². The van der Waals surface area contributed by atoms with Gasteiger partial charge in [0.05, 0.1) is 17.4 Å². The normalized spacial score (nSPS) is 25.3. The zero-order valence-electron chi connectivity index (χ0n) is 9.93. The third-order valence-electron chi connectivity index (χ3n) is 3.83. The topological polar surface area (TPSA) is 30.2 Å². The highest BCUT2D eigenvalue weighted by molar-refractivity contribution is 14.1. The Hall–Kier alpha value is -0.650. The molecule has 0 aliphatic heterocycles. The first-order valence-corrected chi connectivity index (χ1v) is 7.31. The van der Waals surface area contributed by atoms with Gasteiger partial charge in [-0.15, -0.1) is 0 Å². The van der Waals surface area contributed by atoms with Gasteiger partial charge in [0.2, 0.25) is 0 Å². The van der Waals surface area contributed by atoms with Crippen molar-refractivity contribution in [2.24, 2.45) is 5.92 Å². The highest BCUT2D eigenvalue weighted by atomic mass is 127. The summed E-state index contributed by atoms with van der Waals surface area (Å²) < 4.78 is 3.19. The molecule has 0 atom stereocenters. The van der Waals surface area contributed by atoms with Crippen LogP contribution < -0.4 is 0 Å². The van der Waals surface area contributed by atoms with Gasteiger partial charge < -0.3 is 0 Å². The maximum absolute atomic E-state index is 4.75. The van der Waals surface area contributed by atoms with Gasteiger partial charge in [0.1, 0.15) is 0 Å². The Kier molecular flexibility index (Phi) is 3.06. The first-order chi connectivity index (χ1) is 8.25. The molecule has 0 amide bonds. The summed E-state index contributed by atoms with van der Waals surface area (Å²) in [5.41, 5.74) is 2.45. The van der Waals surface area contributed by atoms with Gasteiger partial charge in [0, 0.05) is 40.9 Å². The minimum absolute atomic E-state index is 0.633. The van der Waals surface area contributed by atoms with Gasteiger partial charge in [-0.25, -0.2) is 4.98 Å². The Balaban J connectivity index is 2.00. The lowest BCUT2D eigenvalue weighted by Gasteiger charge is -2.24. The van der Waals surface area contributed by atoms with Crippen molar-refractivity contribution in [1.82, 2.24) is 14.4 Å². The van der Waals surface area contributed by atoms with Gasteiger partial charge in [-0.3, -0.25) is 9.38 Å². The SMILES string of the molecule is CC1CCC(c2nc(I)n3ccncc23)CC1. The fraction of sp³-hybridized carbons (Fsp3) is 0.538. The third kappa shape index (κ3) is 2.07. The molecule has 2 heterocycles. The molecule has 1 aliphatic carbocycles. The van der Waals surface area contributed by atoms with E-state index in [1.165, 1.54) is 36.9 Å². The summed E-state index contributed by atoms with van der Waals surface area (Å²) in [6.07, 6.45) is 11.0. The molecule has 1 aliphatic rings. The largest absolute Gasteiger partial charge is 0.292 e. The molecule has 1 fully saturated rings. The van der Waals surface area contributed by atoms with E-state index in [0.717, 1.165) is 9.75 Å².